The average Bonchev–Trinajstić information content (AvgIpc) is 2.74. The number of imidazole rings is 1. The summed E-state index contributed by atoms with van der Waals surface area (Å²) in [6.07, 6.45) is 4.27. The van der Waals surface area contributed by atoms with E-state index in [2.05, 4.69) is 4.98 Å². The summed E-state index contributed by atoms with van der Waals surface area (Å²) in [7, 11) is 0. The van der Waals surface area contributed by atoms with Crippen LogP contribution in [0.4, 0.5) is 15.8 Å². The van der Waals surface area contributed by atoms with Crippen LogP contribution in [0.25, 0.3) is 5.69 Å². The minimum Gasteiger partial charge on any atom is -0.396 e. The van der Waals surface area contributed by atoms with E-state index in [4.69, 9.17) is 5.73 Å². The number of halogens is 1. The molecule has 1 heterocycles. The van der Waals surface area contributed by atoms with Crippen molar-refractivity contribution in [2.75, 3.05) is 5.73 Å². The molecular formula is C9H7FN4O2. The zero-order valence-electron chi connectivity index (χ0n) is 8.00. The molecule has 0 aliphatic carbocycles. The van der Waals surface area contributed by atoms with Gasteiger partial charge >= 0.3 is 0 Å². The summed E-state index contributed by atoms with van der Waals surface area (Å²) in [6, 6.07) is 2.00. The Balaban J connectivity index is 2.68. The van der Waals surface area contributed by atoms with E-state index in [0.717, 1.165) is 12.1 Å². The zero-order valence-corrected chi connectivity index (χ0v) is 8.00. The van der Waals surface area contributed by atoms with Gasteiger partial charge in [-0.25, -0.2) is 9.37 Å². The molecule has 0 unspecified atom stereocenters. The number of nitrogens with two attached hydrogens (primary N) is 1. The largest absolute Gasteiger partial charge is 0.396 e. The average molecular weight is 222 g/mol. The Kier molecular flexibility index (Phi) is 2.28. The van der Waals surface area contributed by atoms with Gasteiger partial charge in [-0.3, -0.25) is 10.1 Å². The van der Waals surface area contributed by atoms with Crippen LogP contribution >= 0.6 is 0 Å². The molecule has 6 nitrogen and oxygen atoms in total. The minimum absolute atomic E-state index is 0.0919. The zero-order chi connectivity index (χ0) is 11.7. The van der Waals surface area contributed by atoms with Crippen LogP contribution in [0.5, 0.6) is 0 Å². The van der Waals surface area contributed by atoms with Crippen LogP contribution in [-0.2, 0) is 0 Å². The molecule has 0 spiro atoms. The molecule has 1 aromatic heterocycles. The van der Waals surface area contributed by atoms with E-state index in [1.165, 1.54) is 23.3 Å². The van der Waals surface area contributed by atoms with Crippen LogP contribution in [0.15, 0.2) is 30.9 Å². The van der Waals surface area contributed by atoms with Crippen LogP contribution in [0, 0.1) is 15.9 Å². The summed E-state index contributed by atoms with van der Waals surface area (Å²) in [5.41, 5.74) is 4.85. The van der Waals surface area contributed by atoms with Gasteiger partial charge in [0, 0.05) is 24.5 Å². The second kappa shape index (κ2) is 3.61. The van der Waals surface area contributed by atoms with Gasteiger partial charge in [0.05, 0.1) is 16.9 Å². The van der Waals surface area contributed by atoms with E-state index < -0.39 is 10.7 Å². The molecule has 2 N–H and O–H groups in total. The lowest BCUT2D eigenvalue weighted by molar-refractivity contribution is -0.384. The quantitative estimate of drug-likeness (QED) is 0.474. The molecular weight excluding hydrogens is 215 g/mol. The fraction of sp³-hybridized carbons (Fsp3) is 0. The molecule has 0 amide bonds. The van der Waals surface area contributed by atoms with Crippen molar-refractivity contribution in [3.8, 4) is 5.69 Å². The Morgan fingerprint density at radius 2 is 2.25 bits per heavy atom. The van der Waals surface area contributed by atoms with Crippen molar-refractivity contribution in [1.29, 1.82) is 0 Å². The maximum absolute atomic E-state index is 13.2. The van der Waals surface area contributed by atoms with E-state index in [1.807, 2.05) is 0 Å². The van der Waals surface area contributed by atoms with Crippen LogP contribution in [0.3, 0.4) is 0 Å². The van der Waals surface area contributed by atoms with Crippen molar-refractivity contribution in [2.45, 2.75) is 0 Å². The number of nitro benzene ring substituents is 1. The first-order valence-electron chi connectivity index (χ1n) is 4.31. The van der Waals surface area contributed by atoms with Crippen LogP contribution in [-0.4, -0.2) is 14.5 Å². The first-order valence-corrected chi connectivity index (χ1v) is 4.31. The number of hydrogen-bond acceptors (Lipinski definition) is 4. The molecule has 0 saturated carbocycles. The summed E-state index contributed by atoms with van der Waals surface area (Å²) in [4.78, 5) is 13.9. The van der Waals surface area contributed by atoms with Crippen molar-refractivity contribution >= 4 is 11.4 Å². The van der Waals surface area contributed by atoms with Gasteiger partial charge in [0.15, 0.2) is 0 Å². The first kappa shape index (κ1) is 10.1. The summed E-state index contributed by atoms with van der Waals surface area (Å²) < 4.78 is 14.6. The van der Waals surface area contributed by atoms with Crippen molar-refractivity contribution in [1.82, 2.24) is 9.55 Å². The third-order valence-corrected chi connectivity index (χ3v) is 2.07. The molecule has 16 heavy (non-hydrogen) atoms. The molecule has 0 aliphatic heterocycles. The Morgan fingerprint density at radius 3 is 2.81 bits per heavy atom. The fourth-order valence-electron chi connectivity index (χ4n) is 1.32. The monoisotopic (exact) mass is 222 g/mol. The van der Waals surface area contributed by atoms with Gasteiger partial charge in [-0.1, -0.05) is 0 Å². The number of nitrogen functional groups attached to an aromatic ring is 1. The molecule has 0 bridgehead atoms. The van der Waals surface area contributed by atoms with Crippen LogP contribution < -0.4 is 5.73 Å². The van der Waals surface area contributed by atoms with Gasteiger partial charge in [-0.2, -0.15) is 0 Å². The number of aromatic nitrogens is 2. The summed E-state index contributed by atoms with van der Waals surface area (Å²) >= 11 is 0. The molecule has 0 fully saturated rings. The van der Waals surface area contributed by atoms with E-state index in [0.29, 0.717) is 0 Å². The maximum atomic E-state index is 13.2. The number of anilines is 1. The molecule has 7 heteroatoms. The van der Waals surface area contributed by atoms with Gasteiger partial charge in [-0.15, -0.1) is 0 Å². The van der Waals surface area contributed by atoms with E-state index in [1.54, 1.807) is 0 Å². The highest BCUT2D eigenvalue weighted by Crippen LogP contribution is 2.27. The summed E-state index contributed by atoms with van der Waals surface area (Å²) in [5, 5.41) is 10.8. The Hall–Kier alpha value is -2.44. The number of nitrogens with zero attached hydrogens (tertiary/aromatic N) is 3. The van der Waals surface area contributed by atoms with Gasteiger partial charge in [-0.05, 0) is 0 Å². The highest BCUT2D eigenvalue weighted by atomic mass is 19.1. The standard InChI is InChI=1S/C9H7FN4O2/c10-6-3-8(13-2-1-12-5-13)9(14(15)16)4-7(6)11/h1-5H,11H2. The number of nitro groups is 1. The van der Waals surface area contributed by atoms with E-state index in [9.17, 15) is 14.5 Å². The molecule has 0 atom stereocenters. The second-order valence-electron chi connectivity index (χ2n) is 3.09. The molecule has 0 radical (unpaired) electrons. The molecule has 2 rings (SSSR count). The van der Waals surface area contributed by atoms with Gasteiger partial charge < -0.3 is 10.3 Å². The molecule has 2 aromatic rings. The fourth-order valence-corrected chi connectivity index (χ4v) is 1.32. The normalized spacial score (nSPS) is 10.3. The molecule has 0 aliphatic rings. The smallest absolute Gasteiger partial charge is 0.295 e. The number of rotatable bonds is 2. The van der Waals surface area contributed by atoms with Crippen molar-refractivity contribution in [2.24, 2.45) is 0 Å². The van der Waals surface area contributed by atoms with E-state index >= 15 is 0 Å². The Labute approximate surface area is 89.3 Å². The third kappa shape index (κ3) is 1.58. The minimum atomic E-state index is -0.700. The maximum Gasteiger partial charge on any atom is 0.295 e. The van der Waals surface area contributed by atoms with Gasteiger partial charge in [0.2, 0.25) is 0 Å². The molecule has 0 saturated heterocycles. The predicted octanol–water partition coefficient (Wildman–Crippen LogP) is 1.50. The van der Waals surface area contributed by atoms with Gasteiger partial charge in [0.25, 0.3) is 5.69 Å². The lowest BCUT2D eigenvalue weighted by Gasteiger charge is -2.05. The molecule has 82 valence electrons. The second-order valence-corrected chi connectivity index (χ2v) is 3.09. The van der Waals surface area contributed by atoms with Crippen molar-refractivity contribution in [3.63, 3.8) is 0 Å². The third-order valence-electron chi connectivity index (χ3n) is 2.07. The summed E-state index contributed by atoms with van der Waals surface area (Å²) in [6.45, 7) is 0. The Bertz CT molecular complexity index is 539. The van der Waals surface area contributed by atoms with Crippen molar-refractivity contribution < 1.29 is 9.31 Å². The lowest BCUT2D eigenvalue weighted by atomic mass is 10.2. The van der Waals surface area contributed by atoms with E-state index in [-0.39, 0.29) is 17.1 Å². The van der Waals surface area contributed by atoms with Crippen LogP contribution in [0.1, 0.15) is 0 Å². The highest BCUT2D eigenvalue weighted by molar-refractivity contribution is 5.60. The number of benzene rings is 1. The highest BCUT2D eigenvalue weighted by Gasteiger charge is 2.18. The summed E-state index contributed by atoms with van der Waals surface area (Å²) in [5.74, 6) is -0.700. The first-order chi connectivity index (χ1) is 7.59. The predicted molar refractivity (Wildman–Crippen MR) is 54.6 cm³/mol. The Morgan fingerprint density at radius 1 is 1.50 bits per heavy atom. The topological polar surface area (TPSA) is 87.0 Å². The van der Waals surface area contributed by atoms with Crippen LogP contribution in [0.2, 0.25) is 0 Å². The molecule has 1 aromatic carbocycles. The lowest BCUT2D eigenvalue weighted by Crippen LogP contribution is -2.01. The number of hydrogen-bond donors (Lipinski definition) is 1. The SMILES string of the molecule is Nc1cc([N+](=O)[O-])c(-n2ccnc2)cc1F. The van der Waals surface area contributed by atoms with Gasteiger partial charge in [0.1, 0.15) is 11.5 Å². The van der Waals surface area contributed by atoms with Crippen molar-refractivity contribution in [3.05, 3.63) is 46.8 Å².